The van der Waals surface area contributed by atoms with E-state index in [-0.39, 0.29) is 0 Å². The molecule has 0 bridgehead atoms. The first kappa shape index (κ1) is 16.5. The van der Waals surface area contributed by atoms with E-state index in [0.717, 1.165) is 31.5 Å². The van der Waals surface area contributed by atoms with E-state index in [1.807, 2.05) is 24.3 Å². The third-order valence-corrected chi connectivity index (χ3v) is 3.89. The van der Waals surface area contributed by atoms with E-state index in [1.54, 1.807) is 12.1 Å². The van der Waals surface area contributed by atoms with E-state index in [1.165, 1.54) is 11.1 Å². The Morgan fingerprint density at radius 1 is 0.909 bits per heavy atom. The molecule has 0 fully saturated rings. The van der Waals surface area contributed by atoms with Crippen molar-refractivity contribution in [3.05, 3.63) is 65.2 Å². The number of hydrogen-bond acceptors (Lipinski definition) is 3. The number of nitrogens with one attached hydrogen (secondary N) is 1. The molecule has 0 amide bonds. The highest BCUT2D eigenvalue weighted by Gasteiger charge is 2.06. The molecule has 2 rings (SSSR count). The zero-order valence-electron chi connectivity index (χ0n) is 13.1. The van der Waals surface area contributed by atoms with Gasteiger partial charge in [-0.1, -0.05) is 43.3 Å². The second kappa shape index (κ2) is 8.57. The van der Waals surface area contributed by atoms with Crippen molar-refractivity contribution < 1.29 is 10.2 Å². The van der Waals surface area contributed by atoms with Crippen molar-refractivity contribution in [1.82, 2.24) is 5.32 Å². The van der Waals surface area contributed by atoms with Gasteiger partial charge in [-0.2, -0.15) is 0 Å². The molecule has 2 aromatic carbocycles. The second-order valence-corrected chi connectivity index (χ2v) is 5.57. The fourth-order valence-electron chi connectivity index (χ4n) is 2.40. The molecule has 1 atom stereocenters. The molecule has 0 spiro atoms. The van der Waals surface area contributed by atoms with Gasteiger partial charge in [0.15, 0.2) is 0 Å². The van der Waals surface area contributed by atoms with Gasteiger partial charge in [-0.15, -0.1) is 0 Å². The van der Waals surface area contributed by atoms with Gasteiger partial charge in [0.2, 0.25) is 0 Å². The van der Waals surface area contributed by atoms with Gasteiger partial charge in [0.05, 0.1) is 6.10 Å². The van der Waals surface area contributed by atoms with Crippen LogP contribution in [0.3, 0.4) is 0 Å². The normalized spacial score (nSPS) is 12.3. The summed E-state index contributed by atoms with van der Waals surface area (Å²) in [5, 5.41) is 22.7. The lowest BCUT2D eigenvalue weighted by atomic mass is 10.0. The van der Waals surface area contributed by atoms with Gasteiger partial charge >= 0.3 is 0 Å². The lowest BCUT2D eigenvalue weighted by molar-refractivity contribution is 0.167. The molecular formula is C19H25NO2. The Morgan fingerprint density at radius 2 is 1.55 bits per heavy atom. The minimum Gasteiger partial charge on any atom is -0.508 e. The van der Waals surface area contributed by atoms with Crippen molar-refractivity contribution in [2.75, 3.05) is 13.1 Å². The summed E-state index contributed by atoms with van der Waals surface area (Å²) >= 11 is 0. The Kier molecular flexibility index (Phi) is 6.44. The van der Waals surface area contributed by atoms with Gasteiger partial charge in [0.25, 0.3) is 0 Å². The molecule has 0 aliphatic rings. The molecular weight excluding hydrogens is 274 g/mol. The summed E-state index contributed by atoms with van der Waals surface area (Å²) in [5.74, 6) is 0.300. The Labute approximate surface area is 132 Å². The molecule has 0 aliphatic carbocycles. The molecule has 0 radical (unpaired) electrons. The van der Waals surface area contributed by atoms with Crippen LogP contribution in [0.15, 0.2) is 48.5 Å². The summed E-state index contributed by atoms with van der Waals surface area (Å²) in [6.45, 7) is 3.78. The summed E-state index contributed by atoms with van der Waals surface area (Å²) in [6.07, 6.45) is 2.24. The maximum Gasteiger partial charge on any atom is 0.115 e. The summed E-state index contributed by atoms with van der Waals surface area (Å²) in [6, 6.07) is 15.5. The molecule has 3 nitrogen and oxygen atoms in total. The number of hydrogen-bond donors (Lipinski definition) is 3. The van der Waals surface area contributed by atoms with E-state index >= 15 is 0 Å². The van der Waals surface area contributed by atoms with Gasteiger partial charge in [0.1, 0.15) is 5.75 Å². The number of aliphatic hydroxyl groups is 1. The van der Waals surface area contributed by atoms with E-state index in [0.29, 0.717) is 12.2 Å². The smallest absolute Gasteiger partial charge is 0.115 e. The van der Waals surface area contributed by atoms with Crippen LogP contribution in [0.2, 0.25) is 0 Å². The van der Waals surface area contributed by atoms with Crippen LogP contribution in [0, 0.1) is 0 Å². The van der Waals surface area contributed by atoms with E-state index in [9.17, 15) is 10.2 Å². The lowest BCUT2D eigenvalue weighted by Gasteiger charge is -2.12. The van der Waals surface area contributed by atoms with Crippen LogP contribution in [0.5, 0.6) is 5.75 Å². The quantitative estimate of drug-likeness (QED) is 0.656. The molecule has 0 saturated carbocycles. The predicted molar refractivity (Wildman–Crippen MR) is 90.1 cm³/mol. The van der Waals surface area contributed by atoms with E-state index in [4.69, 9.17) is 0 Å². The Bertz CT molecular complexity index is 549. The third-order valence-electron chi connectivity index (χ3n) is 3.89. The Morgan fingerprint density at radius 3 is 2.18 bits per heavy atom. The zero-order chi connectivity index (χ0) is 15.8. The number of benzene rings is 2. The monoisotopic (exact) mass is 299 g/mol. The molecule has 0 aliphatic heterocycles. The van der Waals surface area contributed by atoms with Gasteiger partial charge < -0.3 is 15.5 Å². The van der Waals surface area contributed by atoms with Gasteiger partial charge in [0, 0.05) is 0 Å². The van der Waals surface area contributed by atoms with Crippen LogP contribution in [0.1, 0.15) is 36.1 Å². The fourth-order valence-corrected chi connectivity index (χ4v) is 2.40. The van der Waals surface area contributed by atoms with E-state index < -0.39 is 6.10 Å². The maximum atomic E-state index is 10.2. The van der Waals surface area contributed by atoms with Crippen LogP contribution in [-0.4, -0.2) is 23.3 Å². The predicted octanol–water partition coefficient (Wildman–Crippen LogP) is 3.21. The van der Waals surface area contributed by atoms with Crippen molar-refractivity contribution in [1.29, 1.82) is 0 Å². The van der Waals surface area contributed by atoms with Crippen molar-refractivity contribution in [3.63, 3.8) is 0 Å². The van der Waals surface area contributed by atoms with Gasteiger partial charge in [-0.25, -0.2) is 0 Å². The topological polar surface area (TPSA) is 52.5 Å². The highest BCUT2D eigenvalue weighted by molar-refractivity contribution is 5.26. The molecule has 3 heteroatoms. The second-order valence-electron chi connectivity index (χ2n) is 5.57. The fraction of sp³-hybridized carbons (Fsp3) is 0.368. The summed E-state index contributed by atoms with van der Waals surface area (Å²) < 4.78 is 0. The van der Waals surface area contributed by atoms with Crippen LogP contribution in [-0.2, 0) is 12.8 Å². The number of aliphatic hydroxyl groups excluding tert-OH is 1. The lowest BCUT2D eigenvalue weighted by Crippen LogP contribution is -2.20. The van der Waals surface area contributed by atoms with Crippen molar-refractivity contribution in [3.8, 4) is 5.75 Å². The van der Waals surface area contributed by atoms with Gasteiger partial charge in [-0.05, 0) is 61.2 Å². The molecule has 0 heterocycles. The number of aryl methyl sites for hydroxylation is 1. The SMILES string of the molecule is CCc1ccc(C(O)CCNCCc2ccc(O)cc2)cc1. The zero-order valence-corrected chi connectivity index (χ0v) is 13.1. The molecule has 0 saturated heterocycles. The van der Waals surface area contributed by atoms with Crippen LogP contribution >= 0.6 is 0 Å². The Hall–Kier alpha value is -1.84. The summed E-state index contributed by atoms with van der Waals surface area (Å²) in [7, 11) is 0. The van der Waals surface area contributed by atoms with Crippen LogP contribution < -0.4 is 5.32 Å². The van der Waals surface area contributed by atoms with Crippen molar-refractivity contribution in [2.45, 2.75) is 32.3 Å². The number of phenols is 1. The van der Waals surface area contributed by atoms with Crippen LogP contribution in [0.4, 0.5) is 0 Å². The molecule has 2 aromatic rings. The number of aromatic hydroxyl groups is 1. The molecule has 1 unspecified atom stereocenters. The largest absolute Gasteiger partial charge is 0.508 e. The first-order chi connectivity index (χ1) is 10.7. The average Bonchev–Trinajstić information content (AvgIpc) is 2.56. The minimum atomic E-state index is -0.410. The average molecular weight is 299 g/mol. The standard InChI is InChI=1S/C19H25NO2/c1-2-15-3-7-17(8-4-15)19(22)12-14-20-13-11-16-5-9-18(21)10-6-16/h3-10,19-22H,2,11-14H2,1H3. The van der Waals surface area contributed by atoms with E-state index in [2.05, 4.69) is 24.4 Å². The van der Waals surface area contributed by atoms with Crippen LogP contribution in [0.25, 0.3) is 0 Å². The number of phenolic OH excluding ortho intramolecular Hbond substituents is 1. The highest BCUT2D eigenvalue weighted by atomic mass is 16.3. The van der Waals surface area contributed by atoms with Crippen molar-refractivity contribution >= 4 is 0 Å². The minimum absolute atomic E-state index is 0.300. The maximum absolute atomic E-state index is 10.2. The molecule has 3 N–H and O–H groups in total. The first-order valence-electron chi connectivity index (χ1n) is 7.94. The third kappa shape index (κ3) is 5.17. The molecule has 118 valence electrons. The van der Waals surface area contributed by atoms with Crippen molar-refractivity contribution in [2.24, 2.45) is 0 Å². The first-order valence-corrected chi connectivity index (χ1v) is 7.94. The summed E-state index contributed by atoms with van der Waals surface area (Å²) in [4.78, 5) is 0. The summed E-state index contributed by atoms with van der Waals surface area (Å²) in [5.41, 5.74) is 3.47. The molecule has 0 aromatic heterocycles. The Balaban J connectivity index is 1.66. The number of rotatable bonds is 8. The van der Waals surface area contributed by atoms with Gasteiger partial charge in [-0.3, -0.25) is 0 Å². The highest BCUT2D eigenvalue weighted by Crippen LogP contribution is 2.17. The molecule has 22 heavy (non-hydrogen) atoms.